The monoisotopic (exact) mass is 277 g/mol. The Balaban J connectivity index is 1.68. The lowest BCUT2D eigenvalue weighted by Gasteiger charge is -2.47. The van der Waals surface area contributed by atoms with Gasteiger partial charge in [-0.2, -0.15) is 0 Å². The van der Waals surface area contributed by atoms with Gasteiger partial charge in [0.2, 0.25) is 5.82 Å². The van der Waals surface area contributed by atoms with Crippen molar-refractivity contribution in [1.82, 2.24) is 15.2 Å². The predicted octanol–water partition coefficient (Wildman–Crippen LogP) is 0.392. The van der Waals surface area contributed by atoms with Gasteiger partial charge in [0.15, 0.2) is 0 Å². The van der Waals surface area contributed by atoms with Crippen molar-refractivity contribution in [3.05, 3.63) is 27.9 Å². The van der Waals surface area contributed by atoms with Crippen molar-refractivity contribution in [3.8, 4) is 0 Å². The van der Waals surface area contributed by atoms with Gasteiger partial charge in [-0.3, -0.25) is 15.0 Å². The SMILES string of the molecule is Cc1cnc(N2CC(N3CCNCC3)C2)c([N+](=O)[O-])c1. The second-order valence-corrected chi connectivity index (χ2v) is 5.46. The number of anilines is 1. The van der Waals surface area contributed by atoms with Crippen molar-refractivity contribution in [1.29, 1.82) is 0 Å². The maximum atomic E-state index is 11.1. The lowest BCUT2D eigenvalue weighted by atomic mass is 10.1. The van der Waals surface area contributed by atoms with E-state index in [0.29, 0.717) is 11.9 Å². The molecular weight excluding hydrogens is 258 g/mol. The van der Waals surface area contributed by atoms with Crippen LogP contribution in [0.1, 0.15) is 5.56 Å². The third kappa shape index (κ3) is 2.46. The molecule has 7 heteroatoms. The fraction of sp³-hybridized carbons (Fsp3) is 0.615. The quantitative estimate of drug-likeness (QED) is 0.636. The summed E-state index contributed by atoms with van der Waals surface area (Å²) in [6.07, 6.45) is 1.69. The fourth-order valence-electron chi connectivity index (χ4n) is 2.83. The molecule has 0 spiro atoms. The zero-order valence-electron chi connectivity index (χ0n) is 11.6. The number of aromatic nitrogens is 1. The highest BCUT2D eigenvalue weighted by atomic mass is 16.6. The minimum atomic E-state index is -0.340. The largest absolute Gasteiger partial charge is 0.348 e. The minimum absolute atomic E-state index is 0.115. The van der Waals surface area contributed by atoms with Gasteiger partial charge in [-0.1, -0.05) is 0 Å². The molecule has 0 saturated carbocycles. The molecule has 0 atom stereocenters. The molecule has 1 N–H and O–H groups in total. The van der Waals surface area contributed by atoms with Crippen LogP contribution >= 0.6 is 0 Å². The number of pyridine rings is 1. The summed E-state index contributed by atoms with van der Waals surface area (Å²) in [7, 11) is 0. The summed E-state index contributed by atoms with van der Waals surface area (Å²) in [4.78, 5) is 19.5. The zero-order chi connectivity index (χ0) is 14.1. The molecular formula is C13H19N5O2. The van der Waals surface area contributed by atoms with Crippen LogP contribution in [0.15, 0.2) is 12.3 Å². The molecule has 3 rings (SSSR count). The van der Waals surface area contributed by atoms with E-state index in [9.17, 15) is 10.1 Å². The molecule has 2 aliphatic rings. The maximum Gasteiger partial charge on any atom is 0.311 e. The molecule has 0 aliphatic carbocycles. The lowest BCUT2D eigenvalue weighted by Crippen LogP contribution is -2.63. The second-order valence-electron chi connectivity index (χ2n) is 5.46. The fourth-order valence-corrected chi connectivity index (χ4v) is 2.83. The van der Waals surface area contributed by atoms with E-state index in [1.165, 1.54) is 0 Å². The number of piperazine rings is 1. The Hall–Kier alpha value is -1.73. The topological polar surface area (TPSA) is 74.5 Å². The van der Waals surface area contributed by atoms with Gasteiger partial charge < -0.3 is 10.2 Å². The Morgan fingerprint density at radius 1 is 1.40 bits per heavy atom. The number of aryl methyl sites for hydroxylation is 1. The smallest absolute Gasteiger partial charge is 0.311 e. The van der Waals surface area contributed by atoms with Gasteiger partial charge in [0.05, 0.1) is 4.92 Å². The van der Waals surface area contributed by atoms with E-state index in [2.05, 4.69) is 15.2 Å². The Morgan fingerprint density at radius 3 is 2.75 bits per heavy atom. The van der Waals surface area contributed by atoms with Gasteiger partial charge >= 0.3 is 5.69 Å². The number of nitro groups is 1. The first kappa shape index (κ1) is 13.3. The molecule has 2 aliphatic heterocycles. The highest BCUT2D eigenvalue weighted by molar-refractivity contribution is 5.60. The van der Waals surface area contributed by atoms with Gasteiger partial charge in [-0.05, 0) is 12.5 Å². The third-order valence-corrected chi connectivity index (χ3v) is 4.01. The predicted molar refractivity (Wildman–Crippen MR) is 76.1 cm³/mol. The van der Waals surface area contributed by atoms with Crippen LogP contribution in [-0.4, -0.2) is 60.1 Å². The lowest BCUT2D eigenvalue weighted by molar-refractivity contribution is -0.384. The molecule has 0 aromatic carbocycles. The van der Waals surface area contributed by atoms with Gasteiger partial charge in [0, 0.05) is 57.6 Å². The van der Waals surface area contributed by atoms with E-state index >= 15 is 0 Å². The molecule has 3 heterocycles. The molecule has 2 fully saturated rings. The van der Waals surface area contributed by atoms with Crippen LogP contribution in [0, 0.1) is 17.0 Å². The number of hydrogen-bond donors (Lipinski definition) is 1. The van der Waals surface area contributed by atoms with Crippen molar-refractivity contribution < 1.29 is 4.92 Å². The van der Waals surface area contributed by atoms with Crippen molar-refractivity contribution in [2.45, 2.75) is 13.0 Å². The summed E-state index contributed by atoms with van der Waals surface area (Å²) in [5.41, 5.74) is 0.934. The number of hydrogen-bond acceptors (Lipinski definition) is 6. The molecule has 108 valence electrons. The molecule has 0 radical (unpaired) electrons. The summed E-state index contributed by atoms with van der Waals surface area (Å²) >= 11 is 0. The van der Waals surface area contributed by atoms with E-state index in [4.69, 9.17) is 0 Å². The van der Waals surface area contributed by atoms with Crippen LogP contribution in [0.4, 0.5) is 11.5 Å². The van der Waals surface area contributed by atoms with E-state index in [1.807, 2.05) is 11.8 Å². The third-order valence-electron chi connectivity index (χ3n) is 4.01. The summed E-state index contributed by atoms with van der Waals surface area (Å²) < 4.78 is 0. The Labute approximate surface area is 117 Å². The van der Waals surface area contributed by atoms with E-state index in [-0.39, 0.29) is 10.6 Å². The van der Waals surface area contributed by atoms with Crippen LogP contribution in [0.3, 0.4) is 0 Å². The van der Waals surface area contributed by atoms with Gasteiger partial charge in [0.25, 0.3) is 0 Å². The van der Waals surface area contributed by atoms with Gasteiger partial charge in [-0.15, -0.1) is 0 Å². The Morgan fingerprint density at radius 2 is 2.10 bits per heavy atom. The maximum absolute atomic E-state index is 11.1. The number of rotatable bonds is 3. The highest BCUT2D eigenvalue weighted by Crippen LogP contribution is 2.30. The number of nitrogens with zero attached hydrogens (tertiary/aromatic N) is 4. The first-order valence-corrected chi connectivity index (χ1v) is 6.96. The van der Waals surface area contributed by atoms with Crippen molar-refractivity contribution >= 4 is 11.5 Å². The van der Waals surface area contributed by atoms with E-state index in [1.54, 1.807) is 12.3 Å². The second kappa shape index (κ2) is 5.34. The zero-order valence-corrected chi connectivity index (χ0v) is 11.6. The minimum Gasteiger partial charge on any atom is -0.348 e. The normalized spacial score (nSPS) is 20.8. The first-order valence-electron chi connectivity index (χ1n) is 6.96. The average Bonchev–Trinajstić information content (AvgIpc) is 2.39. The first-order chi connectivity index (χ1) is 9.65. The summed E-state index contributed by atoms with van der Waals surface area (Å²) in [6.45, 7) is 7.65. The summed E-state index contributed by atoms with van der Waals surface area (Å²) in [5.74, 6) is 0.506. The molecule has 0 amide bonds. The van der Waals surface area contributed by atoms with E-state index in [0.717, 1.165) is 44.8 Å². The van der Waals surface area contributed by atoms with Crippen LogP contribution < -0.4 is 10.2 Å². The van der Waals surface area contributed by atoms with Crippen molar-refractivity contribution in [2.75, 3.05) is 44.2 Å². The molecule has 1 aromatic heterocycles. The molecule has 0 unspecified atom stereocenters. The van der Waals surface area contributed by atoms with Gasteiger partial charge in [-0.25, -0.2) is 4.98 Å². The summed E-state index contributed by atoms with van der Waals surface area (Å²) in [6, 6.07) is 2.10. The molecule has 20 heavy (non-hydrogen) atoms. The van der Waals surface area contributed by atoms with Crippen LogP contribution in [-0.2, 0) is 0 Å². The summed E-state index contributed by atoms with van der Waals surface area (Å²) in [5, 5.41) is 14.5. The van der Waals surface area contributed by atoms with Crippen LogP contribution in [0.5, 0.6) is 0 Å². The van der Waals surface area contributed by atoms with Crippen molar-refractivity contribution in [3.63, 3.8) is 0 Å². The highest BCUT2D eigenvalue weighted by Gasteiger charge is 2.36. The molecule has 2 saturated heterocycles. The Kier molecular flexibility index (Phi) is 3.54. The molecule has 1 aromatic rings. The number of nitrogens with one attached hydrogen (secondary N) is 1. The van der Waals surface area contributed by atoms with Crippen LogP contribution in [0.2, 0.25) is 0 Å². The van der Waals surface area contributed by atoms with E-state index < -0.39 is 0 Å². The van der Waals surface area contributed by atoms with Crippen LogP contribution in [0.25, 0.3) is 0 Å². The average molecular weight is 277 g/mol. The molecule has 0 bridgehead atoms. The van der Waals surface area contributed by atoms with Gasteiger partial charge in [0.1, 0.15) is 0 Å². The van der Waals surface area contributed by atoms with Crippen molar-refractivity contribution in [2.24, 2.45) is 0 Å². The molecule has 7 nitrogen and oxygen atoms in total. The standard InChI is InChI=1S/C13H19N5O2/c1-10-6-12(18(19)20)13(15-7-10)17-8-11(9-17)16-4-2-14-3-5-16/h6-7,11,14H,2-5,8-9H2,1H3. The Bertz CT molecular complexity index is 509.